The fourth-order valence-corrected chi connectivity index (χ4v) is 3.40. The molecule has 1 heterocycles. The molecule has 3 nitrogen and oxygen atoms in total. The van der Waals surface area contributed by atoms with E-state index in [2.05, 4.69) is 55.2 Å². The first kappa shape index (κ1) is 16.5. The van der Waals surface area contributed by atoms with Crippen LogP contribution in [0.2, 0.25) is 0 Å². The molecule has 0 saturated heterocycles. The molecule has 112 valence electrons. The van der Waals surface area contributed by atoms with Gasteiger partial charge in [-0.3, -0.25) is 4.98 Å². The lowest BCUT2D eigenvalue weighted by molar-refractivity contribution is 0.403. The summed E-state index contributed by atoms with van der Waals surface area (Å²) in [5, 5.41) is 3.55. The van der Waals surface area contributed by atoms with Gasteiger partial charge >= 0.3 is 0 Å². The lowest BCUT2D eigenvalue weighted by Gasteiger charge is -2.22. The second kappa shape index (κ2) is 7.92. The van der Waals surface area contributed by atoms with Crippen LogP contribution in [0.15, 0.2) is 45.5 Å². The number of methoxy groups -OCH3 is 1. The Labute approximate surface area is 142 Å². The summed E-state index contributed by atoms with van der Waals surface area (Å²) in [6, 6.07) is 10.0. The summed E-state index contributed by atoms with van der Waals surface area (Å²) in [7, 11) is 1.69. The summed E-state index contributed by atoms with van der Waals surface area (Å²) in [5.41, 5.74) is 2.04. The number of pyridine rings is 1. The van der Waals surface area contributed by atoms with Gasteiger partial charge in [0.15, 0.2) is 0 Å². The van der Waals surface area contributed by atoms with Crippen molar-refractivity contribution in [2.45, 2.75) is 19.4 Å². The van der Waals surface area contributed by atoms with Gasteiger partial charge in [-0.05, 0) is 57.0 Å². The van der Waals surface area contributed by atoms with Gasteiger partial charge in [-0.25, -0.2) is 0 Å². The second-order valence-electron chi connectivity index (χ2n) is 4.65. The molecule has 0 bridgehead atoms. The third-order valence-corrected chi connectivity index (χ3v) is 4.23. The van der Waals surface area contributed by atoms with E-state index in [1.54, 1.807) is 7.11 Å². The summed E-state index contributed by atoms with van der Waals surface area (Å²) in [6.07, 6.45) is 2.87. The van der Waals surface area contributed by atoms with Crippen molar-refractivity contribution >= 4 is 31.9 Å². The standard InChI is InChI=1S/C16H18Br2N2O/c1-3-8-19-15(12-6-4-5-7-14(12)21-2)16-13(18)9-11(17)10-20-16/h4-7,9-10,15,19H,3,8H2,1-2H3. The molecule has 1 atom stereocenters. The molecule has 0 amide bonds. The molecule has 0 aliphatic heterocycles. The second-order valence-corrected chi connectivity index (χ2v) is 6.42. The molecule has 21 heavy (non-hydrogen) atoms. The molecule has 2 aromatic rings. The zero-order valence-corrected chi connectivity index (χ0v) is 15.2. The third-order valence-electron chi connectivity index (χ3n) is 3.16. The lowest BCUT2D eigenvalue weighted by atomic mass is 10.0. The van der Waals surface area contributed by atoms with Crippen LogP contribution in [-0.2, 0) is 0 Å². The van der Waals surface area contributed by atoms with E-state index in [-0.39, 0.29) is 6.04 Å². The Morgan fingerprint density at radius 2 is 2.05 bits per heavy atom. The van der Waals surface area contributed by atoms with Gasteiger partial charge in [0.05, 0.1) is 18.8 Å². The van der Waals surface area contributed by atoms with Crippen LogP contribution in [0.5, 0.6) is 5.75 Å². The summed E-state index contributed by atoms with van der Waals surface area (Å²) >= 11 is 7.05. The first-order chi connectivity index (χ1) is 10.2. The van der Waals surface area contributed by atoms with E-state index in [0.717, 1.165) is 38.9 Å². The average Bonchev–Trinajstić information content (AvgIpc) is 2.49. The van der Waals surface area contributed by atoms with Crippen molar-refractivity contribution in [3.05, 3.63) is 56.7 Å². The third kappa shape index (κ3) is 4.05. The fourth-order valence-electron chi connectivity index (χ4n) is 2.19. The zero-order chi connectivity index (χ0) is 15.2. The van der Waals surface area contributed by atoms with Gasteiger partial charge in [0.2, 0.25) is 0 Å². The Bertz CT molecular complexity index is 605. The van der Waals surface area contributed by atoms with Crippen molar-refractivity contribution in [3.63, 3.8) is 0 Å². The van der Waals surface area contributed by atoms with Crippen molar-refractivity contribution < 1.29 is 4.74 Å². The van der Waals surface area contributed by atoms with E-state index in [0.29, 0.717) is 0 Å². The van der Waals surface area contributed by atoms with Crippen molar-refractivity contribution in [2.24, 2.45) is 0 Å². The van der Waals surface area contributed by atoms with Crippen molar-refractivity contribution in [3.8, 4) is 5.75 Å². The van der Waals surface area contributed by atoms with Crippen LogP contribution in [0.1, 0.15) is 30.6 Å². The minimum absolute atomic E-state index is 0.0106. The topological polar surface area (TPSA) is 34.1 Å². The Morgan fingerprint density at radius 1 is 1.29 bits per heavy atom. The Hall–Kier alpha value is -0.910. The number of hydrogen-bond donors (Lipinski definition) is 1. The maximum atomic E-state index is 5.50. The zero-order valence-electron chi connectivity index (χ0n) is 12.1. The Kier molecular flexibility index (Phi) is 6.21. The van der Waals surface area contributed by atoms with E-state index in [1.807, 2.05) is 30.5 Å². The van der Waals surface area contributed by atoms with Crippen LogP contribution in [-0.4, -0.2) is 18.6 Å². The normalized spacial score (nSPS) is 12.2. The van der Waals surface area contributed by atoms with Gasteiger partial charge in [0, 0.05) is 20.7 Å². The lowest BCUT2D eigenvalue weighted by Crippen LogP contribution is -2.25. The van der Waals surface area contributed by atoms with Crippen molar-refractivity contribution in [1.29, 1.82) is 0 Å². The minimum atomic E-state index is -0.0106. The van der Waals surface area contributed by atoms with E-state index in [4.69, 9.17) is 4.74 Å². The molecule has 0 aliphatic rings. The van der Waals surface area contributed by atoms with E-state index in [9.17, 15) is 0 Å². The largest absolute Gasteiger partial charge is 0.496 e. The van der Waals surface area contributed by atoms with Gasteiger partial charge in [-0.15, -0.1) is 0 Å². The highest BCUT2D eigenvalue weighted by atomic mass is 79.9. The number of benzene rings is 1. The predicted octanol–water partition coefficient (Wildman–Crippen LogP) is 4.70. The average molecular weight is 414 g/mol. The number of nitrogens with zero attached hydrogens (tertiary/aromatic N) is 1. The van der Waals surface area contributed by atoms with Crippen LogP contribution in [0.4, 0.5) is 0 Å². The molecule has 0 spiro atoms. The molecule has 0 aliphatic carbocycles. The van der Waals surface area contributed by atoms with Crippen LogP contribution in [0.25, 0.3) is 0 Å². The molecule has 0 saturated carbocycles. The quantitative estimate of drug-likeness (QED) is 0.744. The molecule has 5 heteroatoms. The molecule has 1 N–H and O–H groups in total. The summed E-state index contributed by atoms with van der Waals surface area (Å²) in [6.45, 7) is 3.06. The van der Waals surface area contributed by atoms with Gasteiger partial charge in [-0.2, -0.15) is 0 Å². The summed E-state index contributed by atoms with van der Waals surface area (Å²) < 4.78 is 7.42. The van der Waals surface area contributed by atoms with Crippen LogP contribution >= 0.6 is 31.9 Å². The molecular weight excluding hydrogens is 396 g/mol. The van der Waals surface area contributed by atoms with E-state index >= 15 is 0 Å². The number of rotatable bonds is 6. The maximum Gasteiger partial charge on any atom is 0.124 e. The Morgan fingerprint density at radius 3 is 2.71 bits per heavy atom. The fraction of sp³-hybridized carbons (Fsp3) is 0.312. The highest BCUT2D eigenvalue weighted by molar-refractivity contribution is 9.11. The van der Waals surface area contributed by atoms with Crippen LogP contribution in [0.3, 0.4) is 0 Å². The molecule has 1 aromatic heterocycles. The number of para-hydroxylation sites is 1. The molecule has 0 fully saturated rings. The van der Waals surface area contributed by atoms with Gasteiger partial charge in [0.25, 0.3) is 0 Å². The molecular formula is C16H18Br2N2O. The van der Waals surface area contributed by atoms with Crippen molar-refractivity contribution in [2.75, 3.05) is 13.7 Å². The molecule has 1 unspecified atom stereocenters. The van der Waals surface area contributed by atoms with Crippen molar-refractivity contribution in [1.82, 2.24) is 10.3 Å². The van der Waals surface area contributed by atoms with Crippen LogP contribution in [0, 0.1) is 0 Å². The monoisotopic (exact) mass is 412 g/mol. The first-order valence-corrected chi connectivity index (χ1v) is 8.43. The maximum absolute atomic E-state index is 5.50. The van der Waals surface area contributed by atoms with Gasteiger partial charge < -0.3 is 10.1 Å². The van der Waals surface area contributed by atoms with Gasteiger partial charge in [-0.1, -0.05) is 25.1 Å². The SMILES string of the molecule is CCCNC(c1ccccc1OC)c1ncc(Br)cc1Br. The number of ether oxygens (including phenoxy) is 1. The minimum Gasteiger partial charge on any atom is -0.496 e. The molecule has 1 aromatic carbocycles. The summed E-state index contributed by atoms with van der Waals surface area (Å²) in [5.74, 6) is 0.864. The van der Waals surface area contributed by atoms with Gasteiger partial charge in [0.1, 0.15) is 5.75 Å². The number of hydrogen-bond acceptors (Lipinski definition) is 3. The smallest absolute Gasteiger partial charge is 0.124 e. The number of aromatic nitrogens is 1. The molecule has 2 rings (SSSR count). The predicted molar refractivity (Wildman–Crippen MR) is 92.8 cm³/mol. The van der Waals surface area contributed by atoms with Crippen LogP contribution < -0.4 is 10.1 Å². The molecule has 0 radical (unpaired) electrons. The van der Waals surface area contributed by atoms with E-state index in [1.165, 1.54) is 0 Å². The first-order valence-electron chi connectivity index (χ1n) is 6.84. The highest BCUT2D eigenvalue weighted by Crippen LogP contribution is 2.33. The van der Waals surface area contributed by atoms with E-state index < -0.39 is 0 Å². The number of nitrogens with one attached hydrogen (secondary N) is 1. The Balaban J connectivity index is 2.47. The highest BCUT2D eigenvalue weighted by Gasteiger charge is 2.21. The number of halogens is 2. The summed E-state index contributed by atoms with van der Waals surface area (Å²) in [4.78, 5) is 4.57.